The average Bonchev–Trinajstić information content (AvgIpc) is 1.03. The van der Waals surface area contributed by atoms with Gasteiger partial charge in [-0.05, 0) is 44.9 Å². The number of aliphatic hydroxyl groups excluding tert-OH is 8. The van der Waals surface area contributed by atoms with Crippen LogP contribution in [0.4, 0.5) is 0 Å². The van der Waals surface area contributed by atoms with E-state index in [1.54, 1.807) is 6.08 Å². The van der Waals surface area contributed by atoms with Gasteiger partial charge in [0, 0.05) is 6.42 Å². The lowest BCUT2D eigenvalue weighted by atomic mass is 9.97. The Bertz CT molecular complexity index is 1670. The maximum Gasteiger partial charge on any atom is 0.220 e. The van der Waals surface area contributed by atoms with Gasteiger partial charge in [-0.1, -0.05) is 339 Å². The number of amides is 1. The number of allylic oxidation sites excluding steroid dienone is 5. The normalized spacial score (nSPS) is 22.9. The Labute approximate surface area is 557 Å². The van der Waals surface area contributed by atoms with Crippen molar-refractivity contribution in [2.45, 2.75) is 428 Å². The lowest BCUT2D eigenvalue weighted by molar-refractivity contribution is -0.359. The van der Waals surface area contributed by atoms with E-state index in [1.165, 1.54) is 276 Å². The molecule has 2 aliphatic rings. The lowest BCUT2D eigenvalue weighted by Crippen LogP contribution is -2.65. The van der Waals surface area contributed by atoms with Gasteiger partial charge in [-0.2, -0.15) is 0 Å². The van der Waals surface area contributed by atoms with Gasteiger partial charge in [0.05, 0.1) is 32.0 Å². The second-order valence-corrected chi connectivity index (χ2v) is 27.5. The molecule has 2 saturated heterocycles. The zero-order valence-corrected chi connectivity index (χ0v) is 58.6. The first-order chi connectivity index (χ1) is 44.6. The summed E-state index contributed by atoms with van der Waals surface area (Å²) in [7, 11) is 0. The molecule has 0 aromatic rings. The Kier molecular flexibility index (Phi) is 57.9. The highest BCUT2D eigenvalue weighted by Crippen LogP contribution is 2.30. The van der Waals surface area contributed by atoms with Crippen LogP contribution in [0.3, 0.4) is 0 Å². The molecule has 0 aromatic heterocycles. The highest BCUT2D eigenvalue weighted by Gasteiger charge is 2.51. The molecule has 2 heterocycles. The molecular weight excluding hydrogens is 1150 g/mol. The molecule has 12 atom stereocenters. The minimum Gasteiger partial charge on any atom is -0.394 e. The summed E-state index contributed by atoms with van der Waals surface area (Å²) in [4.78, 5) is 13.4. The highest BCUT2D eigenvalue weighted by molar-refractivity contribution is 5.76. The topological polar surface area (TPSA) is 228 Å². The lowest BCUT2D eigenvalue weighted by Gasteiger charge is -2.46. The SMILES string of the molecule is CCCCCCCCCCCCCCCCCCCCC/C=C/CC/C=C/CC/C=C/C(O)C(COC1OC(CO)C(OC2OC(CO)C(O)C(O)C2O)C(O)C1O)NC(=O)CCCCCCCCCCCCCCCCCCCCCCCCCCCCCC. The van der Waals surface area contributed by atoms with Crippen LogP contribution in [0.2, 0.25) is 0 Å². The first kappa shape index (κ1) is 85.3. The van der Waals surface area contributed by atoms with Gasteiger partial charge < -0.3 is 65.1 Å². The summed E-state index contributed by atoms with van der Waals surface area (Å²) in [5, 5.41) is 87.6. The summed E-state index contributed by atoms with van der Waals surface area (Å²) in [6.07, 6.45) is 63.7. The predicted octanol–water partition coefficient (Wildman–Crippen LogP) is 16.9. The Morgan fingerprint density at radius 2 is 0.703 bits per heavy atom. The number of carbonyl (C=O) groups excluding carboxylic acids is 1. The van der Waals surface area contributed by atoms with Crippen molar-refractivity contribution in [3.8, 4) is 0 Å². The number of unbranched alkanes of at least 4 members (excludes halogenated alkanes) is 48. The Hall–Kier alpha value is -1.79. The maximum absolute atomic E-state index is 13.4. The molecule has 91 heavy (non-hydrogen) atoms. The summed E-state index contributed by atoms with van der Waals surface area (Å²) in [6.45, 7) is 2.84. The summed E-state index contributed by atoms with van der Waals surface area (Å²) in [5.74, 6) is -0.246. The van der Waals surface area contributed by atoms with Crippen LogP contribution in [0.15, 0.2) is 36.5 Å². The third kappa shape index (κ3) is 45.4. The smallest absolute Gasteiger partial charge is 0.220 e. The minimum absolute atomic E-state index is 0.246. The quantitative estimate of drug-likeness (QED) is 0.0204. The van der Waals surface area contributed by atoms with E-state index in [9.17, 15) is 45.6 Å². The van der Waals surface area contributed by atoms with Gasteiger partial charge >= 0.3 is 0 Å². The first-order valence-corrected chi connectivity index (χ1v) is 38.7. The van der Waals surface area contributed by atoms with Crippen molar-refractivity contribution in [1.82, 2.24) is 5.32 Å². The molecule has 0 bridgehead atoms. The third-order valence-corrected chi connectivity index (χ3v) is 19.1. The molecule has 14 heteroatoms. The molecule has 2 fully saturated rings. The second-order valence-electron chi connectivity index (χ2n) is 27.5. The van der Waals surface area contributed by atoms with Crippen molar-refractivity contribution in [2.24, 2.45) is 0 Å². The van der Waals surface area contributed by atoms with Crippen LogP contribution in [0.1, 0.15) is 354 Å². The largest absolute Gasteiger partial charge is 0.394 e. The molecule has 0 aromatic carbocycles. The van der Waals surface area contributed by atoms with Crippen molar-refractivity contribution < 1.29 is 64.6 Å². The van der Waals surface area contributed by atoms with Crippen molar-refractivity contribution in [3.63, 3.8) is 0 Å². The fourth-order valence-electron chi connectivity index (χ4n) is 12.9. The molecule has 14 nitrogen and oxygen atoms in total. The van der Waals surface area contributed by atoms with E-state index < -0.39 is 86.8 Å². The van der Waals surface area contributed by atoms with Crippen LogP contribution >= 0.6 is 0 Å². The van der Waals surface area contributed by atoms with Crippen molar-refractivity contribution in [3.05, 3.63) is 36.5 Å². The van der Waals surface area contributed by atoms with E-state index in [2.05, 4.69) is 43.5 Å². The maximum atomic E-state index is 13.4. The fraction of sp³-hybridized carbons (Fsp3) is 0.909. The van der Waals surface area contributed by atoms with Gasteiger partial charge in [0.15, 0.2) is 12.6 Å². The molecule has 0 spiro atoms. The molecule has 0 radical (unpaired) electrons. The number of ether oxygens (including phenoxy) is 4. The molecule has 12 unspecified atom stereocenters. The van der Waals surface area contributed by atoms with Crippen LogP contribution in [0.25, 0.3) is 0 Å². The fourth-order valence-corrected chi connectivity index (χ4v) is 12.9. The molecule has 536 valence electrons. The number of rotatable bonds is 65. The van der Waals surface area contributed by atoms with E-state index in [0.717, 1.165) is 44.9 Å². The van der Waals surface area contributed by atoms with Crippen LogP contribution in [0.5, 0.6) is 0 Å². The number of hydrogen-bond acceptors (Lipinski definition) is 13. The molecule has 0 saturated carbocycles. The van der Waals surface area contributed by atoms with Gasteiger partial charge in [0.2, 0.25) is 5.91 Å². The van der Waals surface area contributed by atoms with Gasteiger partial charge in [-0.25, -0.2) is 0 Å². The van der Waals surface area contributed by atoms with E-state index in [1.807, 2.05) is 6.08 Å². The highest BCUT2D eigenvalue weighted by atomic mass is 16.7. The molecule has 0 aliphatic carbocycles. The average molecular weight is 1290 g/mol. The monoisotopic (exact) mass is 1290 g/mol. The summed E-state index contributed by atoms with van der Waals surface area (Å²) in [6, 6.07) is -0.938. The molecule has 2 aliphatic heterocycles. The molecular formula is C77H145NO13. The van der Waals surface area contributed by atoms with Crippen molar-refractivity contribution >= 4 is 5.91 Å². The van der Waals surface area contributed by atoms with E-state index in [0.29, 0.717) is 12.8 Å². The number of carbonyl (C=O) groups is 1. The van der Waals surface area contributed by atoms with E-state index in [4.69, 9.17) is 18.9 Å². The number of hydrogen-bond donors (Lipinski definition) is 9. The standard InChI is InChI=1S/C77H145NO13/c1-3-5-7-9-11-13-15-17-19-21-23-25-27-29-31-33-34-36-38-40-42-44-46-48-50-52-54-56-58-60-66(81)65(64-88-76-74(87)72(85)75(68(63-80)90-76)91-77-73(86)71(84)70(83)67(62-79)89-77)78-69(82)61-59-57-55-53-51-49-47-45-43-41-39-37-35-32-30-28-26-24-22-20-18-16-14-12-10-8-6-4-2/h42,44,50,52,58,60,65-68,70-77,79-81,83-87H,3-41,43,45-49,51,53-57,59,61-64H2,1-2H3,(H,78,82)/b44-42+,52-50+,60-58+. The zero-order valence-electron chi connectivity index (χ0n) is 58.6. The summed E-state index contributed by atoms with van der Waals surface area (Å²) >= 11 is 0. The van der Waals surface area contributed by atoms with E-state index in [-0.39, 0.29) is 18.9 Å². The molecule has 1 amide bonds. The predicted molar refractivity (Wildman–Crippen MR) is 374 cm³/mol. The Morgan fingerprint density at radius 1 is 0.385 bits per heavy atom. The van der Waals surface area contributed by atoms with Gasteiger partial charge in [0.1, 0.15) is 48.8 Å². The van der Waals surface area contributed by atoms with Gasteiger partial charge in [-0.3, -0.25) is 4.79 Å². The van der Waals surface area contributed by atoms with Crippen molar-refractivity contribution in [1.29, 1.82) is 0 Å². The minimum atomic E-state index is -1.79. The van der Waals surface area contributed by atoms with Crippen molar-refractivity contribution in [2.75, 3.05) is 19.8 Å². The molecule has 2 rings (SSSR count). The summed E-state index contributed by atoms with van der Waals surface area (Å²) in [5.41, 5.74) is 0. The zero-order chi connectivity index (χ0) is 65.9. The Morgan fingerprint density at radius 3 is 1.08 bits per heavy atom. The number of nitrogens with one attached hydrogen (secondary N) is 1. The number of aliphatic hydroxyl groups is 8. The first-order valence-electron chi connectivity index (χ1n) is 38.7. The van der Waals surface area contributed by atoms with Crippen LogP contribution < -0.4 is 5.32 Å². The van der Waals surface area contributed by atoms with Crippen LogP contribution in [0, 0.1) is 0 Å². The van der Waals surface area contributed by atoms with Crippen LogP contribution in [-0.2, 0) is 23.7 Å². The second kappa shape index (κ2) is 61.8. The Balaban J connectivity index is 1.66. The van der Waals surface area contributed by atoms with Crippen LogP contribution in [-0.4, -0.2) is 140 Å². The van der Waals surface area contributed by atoms with Gasteiger partial charge in [0.25, 0.3) is 0 Å². The van der Waals surface area contributed by atoms with E-state index >= 15 is 0 Å². The molecule has 9 N–H and O–H groups in total. The third-order valence-electron chi connectivity index (χ3n) is 19.1. The summed E-state index contributed by atoms with van der Waals surface area (Å²) < 4.78 is 22.9. The van der Waals surface area contributed by atoms with Gasteiger partial charge in [-0.15, -0.1) is 0 Å².